The number of hydrogen-bond acceptors (Lipinski definition) is 3. The average Bonchev–Trinajstić information content (AvgIpc) is 2.34. The number of pyridine rings is 1. The lowest BCUT2D eigenvalue weighted by atomic mass is 10.0. The zero-order chi connectivity index (χ0) is 13.1. The number of carboxylic acid groups (broad SMARTS) is 1. The molecule has 0 spiro atoms. The summed E-state index contributed by atoms with van der Waals surface area (Å²) in [6.07, 6.45) is 0.723. The molecule has 4 nitrogen and oxygen atoms in total. The van der Waals surface area contributed by atoms with Gasteiger partial charge in [0.25, 0.3) is 0 Å². The monoisotopic (exact) mass is 244 g/mol. The van der Waals surface area contributed by atoms with Crippen molar-refractivity contribution in [1.29, 1.82) is 0 Å². The van der Waals surface area contributed by atoms with Crippen LogP contribution in [0.3, 0.4) is 0 Å². The third kappa shape index (κ3) is 2.49. The number of carbonyl (C=O) groups is 1. The van der Waals surface area contributed by atoms with Crippen LogP contribution in [0.2, 0.25) is 0 Å². The van der Waals surface area contributed by atoms with Gasteiger partial charge in [0, 0.05) is 24.0 Å². The normalized spacial score (nSPS) is 10.8. The Hall–Kier alpha value is -1.94. The second-order valence-corrected chi connectivity index (χ2v) is 4.34. The van der Waals surface area contributed by atoms with Gasteiger partial charge >= 0.3 is 5.97 Å². The highest BCUT2D eigenvalue weighted by atomic mass is 16.4. The molecule has 0 unspecified atom stereocenters. The summed E-state index contributed by atoms with van der Waals surface area (Å²) in [5, 5.41) is 13.0. The summed E-state index contributed by atoms with van der Waals surface area (Å²) in [4.78, 5) is 15.8. The Kier molecular flexibility index (Phi) is 3.58. The summed E-state index contributed by atoms with van der Waals surface area (Å²) in [5.41, 5.74) is 2.96. The first-order valence-electron chi connectivity index (χ1n) is 5.90. The number of fused-ring (bicyclic) bond motifs is 1. The van der Waals surface area contributed by atoms with Crippen molar-refractivity contribution in [3.05, 3.63) is 41.1 Å². The van der Waals surface area contributed by atoms with E-state index in [1.54, 1.807) is 6.07 Å². The Morgan fingerprint density at radius 3 is 2.83 bits per heavy atom. The van der Waals surface area contributed by atoms with E-state index in [1.807, 2.05) is 32.2 Å². The standard InChI is InChI=1S/C14H16N2O2/c1-9-3-4-11-12(14(17)18)8-10(5-6-15-2)16-13(11)7-9/h3-4,7-8,15H,5-6H2,1-2H3,(H,17,18). The van der Waals surface area contributed by atoms with Crippen LogP contribution in [0.1, 0.15) is 21.6 Å². The summed E-state index contributed by atoms with van der Waals surface area (Å²) >= 11 is 0. The number of hydrogen-bond donors (Lipinski definition) is 2. The number of likely N-dealkylation sites (N-methyl/N-ethyl adjacent to an activating group) is 1. The highest BCUT2D eigenvalue weighted by molar-refractivity contribution is 6.02. The van der Waals surface area contributed by atoms with E-state index in [0.29, 0.717) is 10.9 Å². The molecule has 4 heteroatoms. The molecule has 1 aromatic carbocycles. The number of carboxylic acids is 1. The molecule has 0 atom stereocenters. The first-order chi connectivity index (χ1) is 8.61. The summed E-state index contributed by atoms with van der Waals surface area (Å²) < 4.78 is 0. The minimum Gasteiger partial charge on any atom is -0.478 e. The van der Waals surface area contributed by atoms with Crippen LogP contribution in [0.25, 0.3) is 10.9 Å². The van der Waals surface area contributed by atoms with E-state index >= 15 is 0 Å². The first kappa shape index (κ1) is 12.5. The van der Waals surface area contributed by atoms with Gasteiger partial charge < -0.3 is 10.4 Å². The van der Waals surface area contributed by atoms with Gasteiger partial charge in [0.15, 0.2) is 0 Å². The Morgan fingerprint density at radius 1 is 1.39 bits per heavy atom. The number of aromatic carboxylic acids is 1. The maximum atomic E-state index is 11.3. The van der Waals surface area contributed by atoms with Crippen molar-refractivity contribution in [3.8, 4) is 0 Å². The number of benzene rings is 1. The van der Waals surface area contributed by atoms with Crippen molar-refractivity contribution >= 4 is 16.9 Å². The number of rotatable bonds is 4. The minimum absolute atomic E-state index is 0.325. The van der Waals surface area contributed by atoms with E-state index in [9.17, 15) is 9.90 Å². The van der Waals surface area contributed by atoms with Crippen LogP contribution >= 0.6 is 0 Å². The molecule has 0 saturated carbocycles. The van der Waals surface area contributed by atoms with Gasteiger partial charge in [-0.3, -0.25) is 4.98 Å². The smallest absolute Gasteiger partial charge is 0.336 e. The van der Waals surface area contributed by atoms with E-state index in [0.717, 1.165) is 29.7 Å². The van der Waals surface area contributed by atoms with E-state index in [-0.39, 0.29) is 0 Å². The zero-order valence-electron chi connectivity index (χ0n) is 10.5. The fraction of sp³-hybridized carbons (Fsp3) is 0.286. The van der Waals surface area contributed by atoms with Crippen molar-refractivity contribution in [3.63, 3.8) is 0 Å². The van der Waals surface area contributed by atoms with Gasteiger partial charge in [0.2, 0.25) is 0 Å². The van der Waals surface area contributed by atoms with Gasteiger partial charge in [-0.25, -0.2) is 4.79 Å². The largest absolute Gasteiger partial charge is 0.478 e. The SMILES string of the molecule is CNCCc1cc(C(=O)O)c2ccc(C)cc2n1. The average molecular weight is 244 g/mol. The molecule has 0 radical (unpaired) electrons. The van der Waals surface area contributed by atoms with E-state index in [1.165, 1.54) is 0 Å². The number of nitrogens with one attached hydrogen (secondary N) is 1. The van der Waals surface area contributed by atoms with Crippen LogP contribution in [0, 0.1) is 6.92 Å². The number of nitrogens with zero attached hydrogens (tertiary/aromatic N) is 1. The van der Waals surface area contributed by atoms with E-state index < -0.39 is 5.97 Å². The first-order valence-corrected chi connectivity index (χ1v) is 5.90. The van der Waals surface area contributed by atoms with E-state index in [2.05, 4.69) is 10.3 Å². The molecule has 2 rings (SSSR count). The van der Waals surface area contributed by atoms with Crippen LogP contribution in [0.5, 0.6) is 0 Å². The van der Waals surface area contributed by atoms with Crippen LogP contribution in [0.4, 0.5) is 0 Å². The van der Waals surface area contributed by atoms with E-state index in [4.69, 9.17) is 0 Å². The molecular formula is C14H16N2O2. The highest BCUT2D eigenvalue weighted by Gasteiger charge is 2.11. The summed E-state index contributed by atoms with van der Waals surface area (Å²) in [6.45, 7) is 2.76. The number of aryl methyl sites for hydroxylation is 1. The third-order valence-electron chi connectivity index (χ3n) is 2.88. The third-order valence-corrected chi connectivity index (χ3v) is 2.88. The van der Waals surface area contributed by atoms with Crippen LogP contribution in [0.15, 0.2) is 24.3 Å². The maximum Gasteiger partial charge on any atom is 0.336 e. The predicted molar refractivity (Wildman–Crippen MR) is 71.1 cm³/mol. The van der Waals surface area contributed by atoms with Gasteiger partial charge in [0.1, 0.15) is 0 Å². The predicted octanol–water partition coefficient (Wildman–Crippen LogP) is 2.00. The molecule has 0 bridgehead atoms. The second-order valence-electron chi connectivity index (χ2n) is 4.34. The van der Waals surface area contributed by atoms with Crippen molar-refractivity contribution in [2.24, 2.45) is 0 Å². The van der Waals surface area contributed by atoms with Crippen molar-refractivity contribution in [2.75, 3.05) is 13.6 Å². The lowest BCUT2D eigenvalue weighted by Gasteiger charge is -2.07. The van der Waals surface area contributed by atoms with Gasteiger partial charge in [0.05, 0.1) is 11.1 Å². The van der Waals surface area contributed by atoms with Gasteiger partial charge in [-0.1, -0.05) is 12.1 Å². The molecule has 1 heterocycles. The Bertz CT molecular complexity index is 594. The summed E-state index contributed by atoms with van der Waals surface area (Å²) in [6, 6.07) is 7.31. The zero-order valence-corrected chi connectivity index (χ0v) is 10.5. The molecule has 0 aliphatic heterocycles. The quantitative estimate of drug-likeness (QED) is 0.863. The van der Waals surface area contributed by atoms with Gasteiger partial charge in [-0.15, -0.1) is 0 Å². The second kappa shape index (κ2) is 5.14. The van der Waals surface area contributed by atoms with Gasteiger partial charge in [-0.2, -0.15) is 0 Å². The van der Waals surface area contributed by atoms with Crippen LogP contribution in [-0.4, -0.2) is 29.7 Å². The molecular weight excluding hydrogens is 228 g/mol. The molecule has 94 valence electrons. The molecule has 0 fully saturated rings. The summed E-state index contributed by atoms with van der Waals surface area (Å²) in [5.74, 6) is -0.906. The molecule has 2 N–H and O–H groups in total. The van der Waals surface area contributed by atoms with Gasteiger partial charge in [-0.05, 0) is 31.7 Å². The topological polar surface area (TPSA) is 62.2 Å². The van der Waals surface area contributed by atoms with Crippen molar-refractivity contribution in [2.45, 2.75) is 13.3 Å². The molecule has 18 heavy (non-hydrogen) atoms. The Morgan fingerprint density at radius 2 is 2.17 bits per heavy atom. The Labute approximate surface area is 106 Å². The lowest BCUT2D eigenvalue weighted by Crippen LogP contribution is -2.12. The minimum atomic E-state index is -0.906. The summed E-state index contributed by atoms with van der Waals surface area (Å²) in [7, 11) is 1.86. The number of aromatic nitrogens is 1. The molecule has 1 aromatic heterocycles. The maximum absolute atomic E-state index is 11.3. The van der Waals surface area contributed by atoms with Crippen LogP contribution in [-0.2, 0) is 6.42 Å². The molecule has 0 aliphatic carbocycles. The molecule has 2 aromatic rings. The fourth-order valence-electron chi connectivity index (χ4n) is 1.95. The molecule has 0 saturated heterocycles. The van der Waals surface area contributed by atoms with Crippen molar-refractivity contribution < 1.29 is 9.90 Å². The highest BCUT2D eigenvalue weighted by Crippen LogP contribution is 2.20. The van der Waals surface area contributed by atoms with Crippen LogP contribution < -0.4 is 5.32 Å². The lowest BCUT2D eigenvalue weighted by molar-refractivity contribution is 0.0699. The molecule has 0 amide bonds. The Balaban J connectivity index is 2.59. The molecule has 0 aliphatic rings. The fourth-order valence-corrected chi connectivity index (χ4v) is 1.95. The van der Waals surface area contributed by atoms with Crippen molar-refractivity contribution in [1.82, 2.24) is 10.3 Å².